The Bertz CT molecular complexity index is 509. The highest BCUT2D eigenvalue weighted by atomic mass is 16.5. The number of carbonyl (C=O) groups is 1. The Balaban J connectivity index is 2.30. The van der Waals surface area contributed by atoms with Crippen LogP contribution in [0.25, 0.3) is 0 Å². The molecule has 0 radical (unpaired) electrons. The van der Waals surface area contributed by atoms with Gasteiger partial charge in [-0.3, -0.25) is 0 Å². The summed E-state index contributed by atoms with van der Waals surface area (Å²) >= 11 is 0. The van der Waals surface area contributed by atoms with Crippen LogP contribution < -0.4 is 9.47 Å². The van der Waals surface area contributed by atoms with Crippen molar-refractivity contribution in [3.8, 4) is 11.5 Å². The molecule has 0 atom stereocenters. The highest BCUT2D eigenvalue weighted by Gasteiger charge is 2.18. The molecule has 1 aliphatic carbocycles. The standard InChI is InChI=1S/C16H20O4/c1-19-13-8-11(9-14(10-13)20-2)7-12-5-3-4-6-15(12)16(17)18/h8-10H,3-7H2,1-2H3,(H,17,18). The average Bonchev–Trinajstić information content (AvgIpc) is 2.47. The molecule has 1 aliphatic rings. The van der Waals surface area contributed by atoms with Gasteiger partial charge in [-0.25, -0.2) is 4.79 Å². The van der Waals surface area contributed by atoms with Gasteiger partial charge in [-0.05, 0) is 49.8 Å². The first-order valence-corrected chi connectivity index (χ1v) is 6.80. The largest absolute Gasteiger partial charge is 0.497 e. The van der Waals surface area contributed by atoms with E-state index in [1.807, 2.05) is 18.2 Å². The molecule has 1 aromatic rings. The van der Waals surface area contributed by atoms with Crippen molar-refractivity contribution in [2.24, 2.45) is 0 Å². The molecule has 0 bridgehead atoms. The quantitative estimate of drug-likeness (QED) is 0.897. The number of allylic oxidation sites excluding steroid dienone is 1. The maximum Gasteiger partial charge on any atom is 0.331 e. The SMILES string of the molecule is COc1cc(CC2=C(C(=O)O)CCCC2)cc(OC)c1. The zero-order chi connectivity index (χ0) is 14.5. The Morgan fingerprint density at radius 1 is 1.10 bits per heavy atom. The van der Waals surface area contributed by atoms with E-state index in [9.17, 15) is 9.90 Å². The second-order valence-electron chi connectivity index (χ2n) is 4.99. The number of methoxy groups -OCH3 is 2. The van der Waals surface area contributed by atoms with E-state index >= 15 is 0 Å². The highest BCUT2D eigenvalue weighted by molar-refractivity contribution is 5.87. The maximum absolute atomic E-state index is 11.3. The number of carboxylic acids is 1. The lowest BCUT2D eigenvalue weighted by molar-refractivity contribution is -0.133. The molecule has 0 fully saturated rings. The van der Waals surface area contributed by atoms with Crippen molar-refractivity contribution >= 4 is 5.97 Å². The third-order valence-electron chi connectivity index (χ3n) is 3.67. The average molecular weight is 276 g/mol. The molecule has 108 valence electrons. The minimum Gasteiger partial charge on any atom is -0.497 e. The molecular formula is C16H20O4. The summed E-state index contributed by atoms with van der Waals surface area (Å²) in [7, 11) is 3.22. The van der Waals surface area contributed by atoms with E-state index in [1.54, 1.807) is 14.2 Å². The van der Waals surface area contributed by atoms with E-state index in [0.717, 1.165) is 41.9 Å². The van der Waals surface area contributed by atoms with Crippen molar-refractivity contribution in [2.75, 3.05) is 14.2 Å². The molecule has 1 N–H and O–H groups in total. The first kappa shape index (κ1) is 14.4. The Morgan fingerprint density at radius 2 is 1.70 bits per heavy atom. The van der Waals surface area contributed by atoms with Gasteiger partial charge in [0, 0.05) is 11.6 Å². The highest BCUT2D eigenvalue weighted by Crippen LogP contribution is 2.30. The van der Waals surface area contributed by atoms with Crippen LogP contribution in [0.4, 0.5) is 0 Å². The lowest BCUT2D eigenvalue weighted by Gasteiger charge is -2.18. The molecule has 0 saturated heterocycles. The van der Waals surface area contributed by atoms with Gasteiger partial charge in [0.2, 0.25) is 0 Å². The van der Waals surface area contributed by atoms with Gasteiger partial charge in [0.05, 0.1) is 14.2 Å². The minimum absolute atomic E-state index is 0.582. The molecule has 0 spiro atoms. The van der Waals surface area contributed by atoms with Crippen molar-refractivity contribution in [1.29, 1.82) is 0 Å². The summed E-state index contributed by atoms with van der Waals surface area (Å²) in [5.74, 6) is 0.676. The fraction of sp³-hybridized carbons (Fsp3) is 0.438. The van der Waals surface area contributed by atoms with Crippen LogP contribution in [0.3, 0.4) is 0 Å². The second-order valence-corrected chi connectivity index (χ2v) is 4.99. The van der Waals surface area contributed by atoms with Gasteiger partial charge in [0.1, 0.15) is 11.5 Å². The molecular weight excluding hydrogens is 256 g/mol. The van der Waals surface area contributed by atoms with Crippen molar-refractivity contribution in [3.63, 3.8) is 0 Å². The Hall–Kier alpha value is -1.97. The summed E-state index contributed by atoms with van der Waals surface area (Å²) in [5.41, 5.74) is 2.63. The van der Waals surface area contributed by atoms with Gasteiger partial charge in [-0.15, -0.1) is 0 Å². The fourth-order valence-electron chi connectivity index (χ4n) is 2.64. The van der Waals surface area contributed by atoms with E-state index in [1.165, 1.54) is 0 Å². The molecule has 1 aromatic carbocycles. The van der Waals surface area contributed by atoms with Crippen LogP contribution in [-0.4, -0.2) is 25.3 Å². The number of carboxylic acid groups (broad SMARTS) is 1. The Labute approximate surface area is 119 Å². The molecule has 0 saturated carbocycles. The van der Waals surface area contributed by atoms with E-state index < -0.39 is 5.97 Å². The number of hydrogen-bond donors (Lipinski definition) is 1. The lowest BCUT2D eigenvalue weighted by Crippen LogP contribution is -2.10. The third-order valence-corrected chi connectivity index (χ3v) is 3.67. The van der Waals surface area contributed by atoms with Gasteiger partial charge in [0.25, 0.3) is 0 Å². The van der Waals surface area contributed by atoms with Gasteiger partial charge < -0.3 is 14.6 Å². The number of rotatable bonds is 5. The fourth-order valence-corrected chi connectivity index (χ4v) is 2.64. The number of hydrogen-bond acceptors (Lipinski definition) is 3. The van der Waals surface area contributed by atoms with E-state index in [0.29, 0.717) is 18.4 Å². The van der Waals surface area contributed by atoms with Crippen LogP contribution >= 0.6 is 0 Å². The number of benzene rings is 1. The summed E-state index contributed by atoms with van der Waals surface area (Å²) in [6.07, 6.45) is 4.21. The molecule has 0 aliphatic heterocycles. The topological polar surface area (TPSA) is 55.8 Å². The first-order valence-electron chi connectivity index (χ1n) is 6.80. The van der Waals surface area contributed by atoms with Crippen molar-refractivity contribution < 1.29 is 19.4 Å². The van der Waals surface area contributed by atoms with Crippen LogP contribution in [0.2, 0.25) is 0 Å². The number of ether oxygens (including phenoxy) is 2. The van der Waals surface area contributed by atoms with E-state index in [-0.39, 0.29) is 0 Å². The molecule has 20 heavy (non-hydrogen) atoms. The molecule has 4 nitrogen and oxygen atoms in total. The molecule has 0 amide bonds. The predicted molar refractivity (Wildman–Crippen MR) is 76.4 cm³/mol. The van der Waals surface area contributed by atoms with Crippen LogP contribution in [0, 0.1) is 0 Å². The van der Waals surface area contributed by atoms with Crippen LogP contribution in [0.15, 0.2) is 29.3 Å². The molecule has 0 aromatic heterocycles. The summed E-state index contributed by atoms with van der Waals surface area (Å²) in [6.45, 7) is 0. The Kier molecular flexibility index (Phi) is 4.66. The van der Waals surface area contributed by atoms with Gasteiger partial charge >= 0.3 is 5.97 Å². The first-order chi connectivity index (χ1) is 9.63. The summed E-state index contributed by atoms with van der Waals surface area (Å²) in [4.78, 5) is 11.3. The van der Waals surface area contributed by atoms with Gasteiger partial charge in [0.15, 0.2) is 0 Å². The third kappa shape index (κ3) is 3.32. The zero-order valence-electron chi connectivity index (χ0n) is 11.9. The monoisotopic (exact) mass is 276 g/mol. The molecule has 0 unspecified atom stereocenters. The van der Waals surface area contributed by atoms with Gasteiger partial charge in [-0.2, -0.15) is 0 Å². The maximum atomic E-state index is 11.3. The normalized spacial score (nSPS) is 15.1. The second kappa shape index (κ2) is 6.46. The van der Waals surface area contributed by atoms with Crippen molar-refractivity contribution in [3.05, 3.63) is 34.9 Å². The summed E-state index contributed by atoms with van der Waals surface area (Å²) in [6, 6.07) is 5.68. The number of aliphatic carboxylic acids is 1. The van der Waals surface area contributed by atoms with Crippen molar-refractivity contribution in [1.82, 2.24) is 0 Å². The molecule has 0 heterocycles. The van der Waals surface area contributed by atoms with Crippen LogP contribution in [0.1, 0.15) is 31.2 Å². The smallest absolute Gasteiger partial charge is 0.331 e. The Morgan fingerprint density at radius 3 is 2.25 bits per heavy atom. The summed E-state index contributed by atoms with van der Waals surface area (Å²) < 4.78 is 10.5. The van der Waals surface area contributed by atoms with Gasteiger partial charge in [-0.1, -0.05) is 5.57 Å². The van der Waals surface area contributed by atoms with Crippen LogP contribution in [-0.2, 0) is 11.2 Å². The van der Waals surface area contributed by atoms with E-state index in [2.05, 4.69) is 0 Å². The van der Waals surface area contributed by atoms with Crippen molar-refractivity contribution in [2.45, 2.75) is 32.1 Å². The summed E-state index contributed by atoms with van der Waals surface area (Å²) in [5, 5.41) is 9.28. The molecule has 4 heteroatoms. The molecule has 2 rings (SSSR count). The predicted octanol–water partition coefficient (Wildman–Crippen LogP) is 3.20. The minimum atomic E-state index is -0.783. The van der Waals surface area contributed by atoms with Crippen LogP contribution in [0.5, 0.6) is 11.5 Å². The zero-order valence-corrected chi connectivity index (χ0v) is 11.9. The lowest BCUT2D eigenvalue weighted by atomic mass is 9.88. The van der Waals surface area contributed by atoms with E-state index in [4.69, 9.17) is 9.47 Å².